The third-order valence-electron chi connectivity index (χ3n) is 1.52. The molecule has 0 heterocycles. The molecular weight excluding hydrogens is 250 g/mol. The van der Waals surface area contributed by atoms with Gasteiger partial charge in [-0.3, -0.25) is 9.32 Å². The SMILES string of the molecule is O=C([C@@H](O)CO)[C@H](F)[C@H](O)COP(=O)(O)O. The Bertz CT molecular complexity index is 278. The maximum absolute atomic E-state index is 13.0. The molecule has 0 rings (SSSR count). The first-order valence-corrected chi connectivity index (χ1v) is 5.57. The van der Waals surface area contributed by atoms with Crippen LogP contribution in [0.4, 0.5) is 4.39 Å². The zero-order chi connectivity index (χ0) is 12.9. The molecule has 16 heavy (non-hydrogen) atoms. The fraction of sp³-hybridized carbons (Fsp3) is 0.833. The van der Waals surface area contributed by atoms with Crippen LogP contribution in [-0.2, 0) is 13.9 Å². The topological polar surface area (TPSA) is 145 Å². The summed E-state index contributed by atoms with van der Waals surface area (Å²) in [6, 6.07) is 0. The summed E-state index contributed by atoms with van der Waals surface area (Å²) < 4.78 is 26.9. The van der Waals surface area contributed by atoms with Gasteiger partial charge in [0, 0.05) is 0 Å². The Kier molecular flexibility index (Phi) is 6.19. The van der Waals surface area contributed by atoms with E-state index in [2.05, 4.69) is 4.52 Å². The van der Waals surface area contributed by atoms with Crippen molar-refractivity contribution in [1.82, 2.24) is 0 Å². The molecule has 0 aromatic carbocycles. The van der Waals surface area contributed by atoms with Crippen LogP contribution in [-0.4, -0.2) is 62.5 Å². The molecule has 0 unspecified atom stereocenters. The van der Waals surface area contributed by atoms with Crippen LogP contribution < -0.4 is 0 Å². The lowest BCUT2D eigenvalue weighted by Crippen LogP contribution is -2.41. The number of carbonyl (C=O) groups is 1. The molecule has 0 saturated carbocycles. The van der Waals surface area contributed by atoms with Crippen molar-refractivity contribution in [1.29, 1.82) is 0 Å². The van der Waals surface area contributed by atoms with E-state index in [4.69, 9.17) is 25.1 Å². The predicted octanol–water partition coefficient (Wildman–Crippen LogP) is -2.28. The lowest BCUT2D eigenvalue weighted by molar-refractivity contribution is -0.139. The summed E-state index contributed by atoms with van der Waals surface area (Å²) in [4.78, 5) is 27.3. The second kappa shape index (κ2) is 6.36. The van der Waals surface area contributed by atoms with Gasteiger partial charge in [0.15, 0.2) is 12.0 Å². The molecule has 0 spiro atoms. The third-order valence-corrected chi connectivity index (χ3v) is 2.01. The Morgan fingerprint density at radius 1 is 1.38 bits per heavy atom. The molecule has 96 valence electrons. The summed E-state index contributed by atoms with van der Waals surface area (Å²) in [5, 5.41) is 26.0. The van der Waals surface area contributed by atoms with Gasteiger partial charge in [-0.05, 0) is 0 Å². The molecule has 0 saturated heterocycles. The van der Waals surface area contributed by atoms with Crippen molar-refractivity contribution < 1.29 is 43.4 Å². The highest BCUT2D eigenvalue weighted by Gasteiger charge is 2.32. The number of halogens is 1. The minimum Gasteiger partial charge on any atom is -0.393 e. The standard InChI is InChI=1S/C6H12FO8P/c7-5(6(11)3(9)1-8)4(10)2-15-16(12,13)14/h3-5,8-10H,1-2H2,(H2,12,13,14)/t3-,4+,5+/m0/s1. The third kappa shape index (κ3) is 5.61. The van der Waals surface area contributed by atoms with E-state index in [1.54, 1.807) is 0 Å². The van der Waals surface area contributed by atoms with Gasteiger partial charge in [-0.2, -0.15) is 0 Å². The van der Waals surface area contributed by atoms with Gasteiger partial charge in [-0.25, -0.2) is 8.96 Å². The van der Waals surface area contributed by atoms with Gasteiger partial charge in [0.2, 0.25) is 0 Å². The average Bonchev–Trinajstić information content (AvgIpc) is 2.21. The number of ketones is 1. The molecule has 0 fully saturated rings. The fourth-order valence-electron chi connectivity index (χ4n) is 0.721. The van der Waals surface area contributed by atoms with E-state index in [1.165, 1.54) is 0 Å². The minimum atomic E-state index is -4.87. The highest BCUT2D eigenvalue weighted by Crippen LogP contribution is 2.35. The van der Waals surface area contributed by atoms with Crippen LogP contribution in [0.3, 0.4) is 0 Å². The first kappa shape index (κ1) is 15.6. The lowest BCUT2D eigenvalue weighted by Gasteiger charge is -2.16. The van der Waals surface area contributed by atoms with E-state index in [-0.39, 0.29) is 0 Å². The summed E-state index contributed by atoms with van der Waals surface area (Å²) in [5.74, 6) is -1.50. The van der Waals surface area contributed by atoms with Crippen LogP contribution in [0.5, 0.6) is 0 Å². The van der Waals surface area contributed by atoms with Crippen LogP contribution in [0.25, 0.3) is 0 Å². The largest absolute Gasteiger partial charge is 0.469 e. The second-order valence-corrected chi connectivity index (χ2v) is 4.10. The summed E-state index contributed by atoms with van der Waals surface area (Å²) in [5.41, 5.74) is 0. The van der Waals surface area contributed by atoms with Crippen molar-refractivity contribution in [3.63, 3.8) is 0 Å². The number of phosphoric acid groups is 1. The van der Waals surface area contributed by atoms with E-state index in [0.29, 0.717) is 0 Å². The second-order valence-electron chi connectivity index (χ2n) is 2.86. The van der Waals surface area contributed by atoms with Crippen LogP contribution in [0, 0.1) is 0 Å². The Labute approximate surface area is 89.5 Å². The van der Waals surface area contributed by atoms with E-state index in [1.807, 2.05) is 0 Å². The molecule has 0 amide bonds. The number of aliphatic hydroxyl groups excluding tert-OH is 3. The average molecular weight is 262 g/mol. The first-order chi connectivity index (χ1) is 7.19. The maximum atomic E-state index is 13.0. The smallest absolute Gasteiger partial charge is 0.393 e. The zero-order valence-electron chi connectivity index (χ0n) is 7.93. The Morgan fingerprint density at radius 3 is 2.25 bits per heavy atom. The van der Waals surface area contributed by atoms with E-state index in [0.717, 1.165) is 0 Å². The van der Waals surface area contributed by atoms with E-state index >= 15 is 0 Å². The van der Waals surface area contributed by atoms with Crippen LogP contribution in [0.15, 0.2) is 0 Å². The molecule has 0 aromatic rings. The van der Waals surface area contributed by atoms with Gasteiger partial charge < -0.3 is 25.1 Å². The lowest BCUT2D eigenvalue weighted by atomic mass is 10.1. The van der Waals surface area contributed by atoms with Crippen molar-refractivity contribution in [3.05, 3.63) is 0 Å². The van der Waals surface area contributed by atoms with Crippen molar-refractivity contribution in [2.75, 3.05) is 13.2 Å². The number of aliphatic hydroxyl groups is 3. The quantitative estimate of drug-likeness (QED) is 0.322. The minimum absolute atomic E-state index is 1.02. The fourth-order valence-corrected chi connectivity index (χ4v) is 1.07. The Morgan fingerprint density at radius 2 is 1.88 bits per heavy atom. The number of hydrogen-bond donors (Lipinski definition) is 5. The molecule has 0 aliphatic carbocycles. The summed E-state index contributed by atoms with van der Waals surface area (Å²) in [6.07, 6.45) is -6.74. The van der Waals surface area contributed by atoms with E-state index < -0.39 is 45.2 Å². The molecule has 3 atom stereocenters. The molecule has 8 nitrogen and oxygen atoms in total. The van der Waals surface area contributed by atoms with Crippen LogP contribution >= 0.6 is 7.82 Å². The summed E-state index contributed by atoms with van der Waals surface area (Å²) >= 11 is 0. The first-order valence-electron chi connectivity index (χ1n) is 4.04. The molecule has 0 aliphatic rings. The molecule has 0 aromatic heterocycles. The normalized spacial score (nSPS) is 17.9. The predicted molar refractivity (Wildman–Crippen MR) is 47.0 cm³/mol. The van der Waals surface area contributed by atoms with Crippen molar-refractivity contribution in [2.24, 2.45) is 0 Å². The highest BCUT2D eigenvalue weighted by atomic mass is 31.2. The molecule has 0 radical (unpaired) electrons. The number of rotatable bonds is 7. The van der Waals surface area contributed by atoms with Gasteiger partial charge >= 0.3 is 7.82 Å². The monoisotopic (exact) mass is 262 g/mol. The molecule has 0 aliphatic heterocycles. The molecule has 0 bridgehead atoms. The highest BCUT2D eigenvalue weighted by molar-refractivity contribution is 7.46. The Hall–Kier alpha value is -0.410. The Balaban J connectivity index is 4.23. The van der Waals surface area contributed by atoms with E-state index in [9.17, 15) is 13.8 Å². The number of alkyl halides is 1. The van der Waals surface area contributed by atoms with Crippen molar-refractivity contribution in [2.45, 2.75) is 18.4 Å². The number of Topliss-reactive ketones (excluding diaryl/α,β-unsaturated/α-hetero) is 1. The van der Waals surface area contributed by atoms with Gasteiger partial charge in [0.1, 0.15) is 12.2 Å². The van der Waals surface area contributed by atoms with Crippen LogP contribution in [0.1, 0.15) is 0 Å². The molecule has 10 heteroatoms. The van der Waals surface area contributed by atoms with Crippen molar-refractivity contribution in [3.8, 4) is 0 Å². The summed E-state index contributed by atoms with van der Waals surface area (Å²) in [7, 11) is -4.87. The number of hydrogen-bond acceptors (Lipinski definition) is 6. The van der Waals surface area contributed by atoms with Gasteiger partial charge in [-0.1, -0.05) is 0 Å². The molecular formula is C6H12FO8P. The maximum Gasteiger partial charge on any atom is 0.469 e. The molecule has 5 N–H and O–H groups in total. The number of carbonyl (C=O) groups excluding carboxylic acids is 1. The number of phosphoric ester groups is 1. The van der Waals surface area contributed by atoms with Gasteiger partial charge in [0.25, 0.3) is 0 Å². The zero-order valence-corrected chi connectivity index (χ0v) is 8.83. The summed E-state index contributed by atoms with van der Waals surface area (Å²) in [6.45, 7) is -2.14. The van der Waals surface area contributed by atoms with Gasteiger partial charge in [-0.15, -0.1) is 0 Å². The van der Waals surface area contributed by atoms with Crippen molar-refractivity contribution >= 4 is 13.6 Å². The van der Waals surface area contributed by atoms with Gasteiger partial charge in [0.05, 0.1) is 13.2 Å². The van der Waals surface area contributed by atoms with Crippen LogP contribution in [0.2, 0.25) is 0 Å².